The highest BCUT2D eigenvalue weighted by Gasteiger charge is 2.12. The van der Waals surface area contributed by atoms with Crippen LogP contribution in [-0.2, 0) is 0 Å². The normalized spacial score (nSPS) is 12.7. The Morgan fingerprint density at radius 1 is 1.36 bits per heavy atom. The number of aromatic amines is 1. The predicted molar refractivity (Wildman–Crippen MR) is 53.6 cm³/mol. The molecule has 0 amide bonds. The number of nitrogens with one attached hydrogen (secondary N) is 1. The first kappa shape index (κ1) is 8.90. The molecule has 2 aromatic rings. The van der Waals surface area contributed by atoms with Crippen molar-refractivity contribution in [2.24, 2.45) is 5.73 Å². The minimum atomic E-state index is -0.199. The van der Waals surface area contributed by atoms with Crippen LogP contribution in [0.3, 0.4) is 0 Å². The highest BCUT2D eigenvalue weighted by Crippen LogP contribution is 2.19. The first-order chi connectivity index (χ1) is 6.79. The fraction of sp³-hybridized carbons (Fsp3) is 0.200. The SMILES string of the molecule is Cc1ccccc1C(N)c1cn[nH]n1. The Bertz CT molecular complexity index is 408. The molecule has 1 unspecified atom stereocenters. The third-order valence-electron chi connectivity index (χ3n) is 2.28. The van der Waals surface area contributed by atoms with E-state index in [0.29, 0.717) is 0 Å². The molecule has 0 aliphatic rings. The van der Waals surface area contributed by atoms with Crippen molar-refractivity contribution in [1.29, 1.82) is 0 Å². The molecule has 4 heteroatoms. The van der Waals surface area contributed by atoms with Gasteiger partial charge in [-0.1, -0.05) is 24.3 Å². The third-order valence-corrected chi connectivity index (χ3v) is 2.28. The summed E-state index contributed by atoms with van der Waals surface area (Å²) < 4.78 is 0. The molecule has 72 valence electrons. The van der Waals surface area contributed by atoms with E-state index >= 15 is 0 Å². The highest BCUT2D eigenvalue weighted by molar-refractivity contribution is 5.32. The van der Waals surface area contributed by atoms with Crippen molar-refractivity contribution in [3.8, 4) is 0 Å². The number of hydrogen-bond acceptors (Lipinski definition) is 3. The number of rotatable bonds is 2. The topological polar surface area (TPSA) is 67.6 Å². The van der Waals surface area contributed by atoms with Gasteiger partial charge >= 0.3 is 0 Å². The summed E-state index contributed by atoms with van der Waals surface area (Å²) in [4.78, 5) is 0. The summed E-state index contributed by atoms with van der Waals surface area (Å²) in [6, 6.07) is 7.82. The smallest absolute Gasteiger partial charge is 0.104 e. The Labute approximate surface area is 82.1 Å². The first-order valence-corrected chi connectivity index (χ1v) is 4.46. The van der Waals surface area contributed by atoms with Gasteiger partial charge in [0, 0.05) is 0 Å². The van der Waals surface area contributed by atoms with E-state index in [1.165, 1.54) is 5.56 Å². The summed E-state index contributed by atoms with van der Waals surface area (Å²) in [7, 11) is 0. The molecule has 4 nitrogen and oxygen atoms in total. The lowest BCUT2D eigenvalue weighted by molar-refractivity contribution is 0.803. The molecule has 3 N–H and O–H groups in total. The molecule has 14 heavy (non-hydrogen) atoms. The quantitative estimate of drug-likeness (QED) is 0.743. The maximum absolute atomic E-state index is 6.04. The van der Waals surface area contributed by atoms with Crippen molar-refractivity contribution < 1.29 is 0 Å². The largest absolute Gasteiger partial charge is 0.319 e. The van der Waals surface area contributed by atoms with Crippen LogP contribution in [0.1, 0.15) is 22.9 Å². The van der Waals surface area contributed by atoms with Gasteiger partial charge < -0.3 is 5.73 Å². The molecule has 2 rings (SSSR count). The molecule has 0 fully saturated rings. The van der Waals surface area contributed by atoms with Gasteiger partial charge in [0.25, 0.3) is 0 Å². The van der Waals surface area contributed by atoms with Crippen LogP contribution in [0.2, 0.25) is 0 Å². The number of benzene rings is 1. The van der Waals surface area contributed by atoms with Crippen LogP contribution in [0.15, 0.2) is 30.5 Å². The lowest BCUT2D eigenvalue weighted by atomic mass is 10.0. The van der Waals surface area contributed by atoms with E-state index in [1.807, 2.05) is 31.2 Å². The van der Waals surface area contributed by atoms with Crippen LogP contribution in [0.4, 0.5) is 0 Å². The number of nitrogens with zero attached hydrogens (tertiary/aromatic N) is 2. The Morgan fingerprint density at radius 2 is 2.14 bits per heavy atom. The second-order valence-corrected chi connectivity index (χ2v) is 3.23. The van der Waals surface area contributed by atoms with Crippen LogP contribution in [0.25, 0.3) is 0 Å². The second-order valence-electron chi connectivity index (χ2n) is 3.23. The van der Waals surface area contributed by atoms with Crippen LogP contribution in [-0.4, -0.2) is 15.4 Å². The monoisotopic (exact) mass is 188 g/mol. The summed E-state index contributed by atoms with van der Waals surface area (Å²) >= 11 is 0. The van der Waals surface area contributed by atoms with E-state index < -0.39 is 0 Å². The summed E-state index contributed by atoms with van der Waals surface area (Å²) in [6.45, 7) is 2.04. The average Bonchev–Trinajstić information content (AvgIpc) is 2.70. The van der Waals surface area contributed by atoms with Crippen molar-refractivity contribution >= 4 is 0 Å². The maximum atomic E-state index is 6.04. The van der Waals surface area contributed by atoms with E-state index in [9.17, 15) is 0 Å². The molecular weight excluding hydrogens is 176 g/mol. The van der Waals surface area contributed by atoms with Crippen LogP contribution in [0.5, 0.6) is 0 Å². The molecule has 0 aliphatic heterocycles. The molecule has 0 spiro atoms. The van der Waals surface area contributed by atoms with Crippen molar-refractivity contribution in [2.45, 2.75) is 13.0 Å². The molecule has 0 bridgehead atoms. The first-order valence-electron chi connectivity index (χ1n) is 4.46. The summed E-state index contributed by atoms with van der Waals surface area (Å²) in [5, 5.41) is 10.3. The molecule has 1 aromatic heterocycles. The Balaban J connectivity index is 2.37. The van der Waals surface area contributed by atoms with Gasteiger partial charge in [0.2, 0.25) is 0 Å². The number of aromatic nitrogens is 3. The number of nitrogens with two attached hydrogens (primary N) is 1. The zero-order valence-electron chi connectivity index (χ0n) is 7.94. The molecule has 1 aromatic carbocycles. The second kappa shape index (κ2) is 3.59. The van der Waals surface area contributed by atoms with Crippen LogP contribution < -0.4 is 5.73 Å². The van der Waals surface area contributed by atoms with Gasteiger partial charge in [-0.15, -0.1) is 0 Å². The number of H-pyrrole nitrogens is 1. The molecule has 0 aliphatic carbocycles. The molecule has 1 heterocycles. The molecule has 0 saturated carbocycles. The zero-order chi connectivity index (χ0) is 9.97. The zero-order valence-corrected chi connectivity index (χ0v) is 7.94. The van der Waals surface area contributed by atoms with Crippen LogP contribution >= 0.6 is 0 Å². The molecule has 0 saturated heterocycles. The fourth-order valence-electron chi connectivity index (χ4n) is 1.46. The number of hydrogen-bond donors (Lipinski definition) is 2. The van der Waals surface area contributed by atoms with Crippen molar-refractivity contribution in [2.75, 3.05) is 0 Å². The molecule has 0 radical (unpaired) electrons. The Morgan fingerprint density at radius 3 is 2.79 bits per heavy atom. The van der Waals surface area contributed by atoms with Crippen molar-refractivity contribution in [1.82, 2.24) is 15.4 Å². The van der Waals surface area contributed by atoms with E-state index in [1.54, 1.807) is 6.20 Å². The minimum Gasteiger partial charge on any atom is -0.319 e. The summed E-state index contributed by atoms with van der Waals surface area (Å²) in [5.74, 6) is 0. The Kier molecular flexibility index (Phi) is 2.28. The summed E-state index contributed by atoms with van der Waals surface area (Å²) in [5.41, 5.74) is 9.06. The minimum absolute atomic E-state index is 0.199. The van der Waals surface area contributed by atoms with E-state index in [2.05, 4.69) is 15.4 Å². The van der Waals surface area contributed by atoms with E-state index in [-0.39, 0.29) is 6.04 Å². The van der Waals surface area contributed by atoms with Gasteiger partial charge in [-0.05, 0) is 18.1 Å². The lowest BCUT2D eigenvalue weighted by Crippen LogP contribution is -2.13. The van der Waals surface area contributed by atoms with Crippen molar-refractivity contribution in [3.63, 3.8) is 0 Å². The van der Waals surface area contributed by atoms with Gasteiger partial charge in [-0.2, -0.15) is 15.4 Å². The third kappa shape index (κ3) is 1.52. The van der Waals surface area contributed by atoms with E-state index in [4.69, 9.17) is 5.73 Å². The van der Waals surface area contributed by atoms with Gasteiger partial charge in [0.1, 0.15) is 5.69 Å². The molecular formula is C10H12N4. The van der Waals surface area contributed by atoms with Gasteiger partial charge in [-0.3, -0.25) is 0 Å². The van der Waals surface area contributed by atoms with Gasteiger partial charge in [0.15, 0.2) is 0 Å². The highest BCUT2D eigenvalue weighted by atomic mass is 15.3. The van der Waals surface area contributed by atoms with Gasteiger partial charge in [-0.25, -0.2) is 0 Å². The predicted octanol–water partition coefficient (Wildman–Crippen LogP) is 1.16. The average molecular weight is 188 g/mol. The molecule has 1 atom stereocenters. The van der Waals surface area contributed by atoms with Gasteiger partial charge in [0.05, 0.1) is 12.2 Å². The maximum Gasteiger partial charge on any atom is 0.104 e. The van der Waals surface area contributed by atoms with Crippen molar-refractivity contribution in [3.05, 3.63) is 47.3 Å². The van der Waals surface area contributed by atoms with E-state index in [0.717, 1.165) is 11.3 Å². The standard InChI is InChI=1S/C10H12N4/c1-7-4-2-3-5-8(7)10(11)9-6-12-14-13-9/h2-6,10H,11H2,1H3,(H,12,13,14). The van der Waals surface area contributed by atoms with Crippen LogP contribution in [0, 0.1) is 6.92 Å². The number of aryl methyl sites for hydroxylation is 1. The lowest BCUT2D eigenvalue weighted by Gasteiger charge is -2.11. The Hall–Kier alpha value is -1.68. The summed E-state index contributed by atoms with van der Waals surface area (Å²) in [6.07, 6.45) is 1.65. The fourth-order valence-corrected chi connectivity index (χ4v) is 1.46.